The molecule has 0 fully saturated rings. The maximum atomic E-state index is 12.8. The normalized spacial score (nSPS) is 12.9. The van der Waals surface area contributed by atoms with E-state index in [0.717, 1.165) is 51.4 Å². The van der Waals surface area contributed by atoms with Crippen LogP contribution in [0.3, 0.4) is 0 Å². The molecule has 0 aromatic carbocycles. The first-order valence-electron chi connectivity index (χ1n) is 25.2. The summed E-state index contributed by atoms with van der Waals surface area (Å²) >= 11 is 0. The van der Waals surface area contributed by atoms with Gasteiger partial charge in [-0.1, -0.05) is 199 Å². The Balaban J connectivity index is 4.24. The van der Waals surface area contributed by atoms with E-state index in [9.17, 15) is 19.5 Å². The van der Waals surface area contributed by atoms with Crippen molar-refractivity contribution in [1.82, 2.24) is 0 Å². The lowest BCUT2D eigenvalue weighted by molar-refractivity contribution is -0.887. The molecule has 0 bridgehead atoms. The minimum atomic E-state index is -0.872. The summed E-state index contributed by atoms with van der Waals surface area (Å²) in [5.41, 5.74) is 0. The number of quaternary nitrogens is 1. The second-order valence-corrected chi connectivity index (χ2v) is 18.4. The minimum Gasteiger partial charge on any atom is -0.477 e. The molecular formula is C51H98NO7+. The van der Waals surface area contributed by atoms with E-state index >= 15 is 0 Å². The van der Waals surface area contributed by atoms with Gasteiger partial charge in [-0.15, -0.1) is 0 Å². The first kappa shape index (κ1) is 57.1. The van der Waals surface area contributed by atoms with E-state index in [1.807, 2.05) is 21.1 Å². The number of carbonyl (C=O) groups is 3. The van der Waals surface area contributed by atoms with Gasteiger partial charge in [-0.2, -0.15) is 0 Å². The molecule has 2 atom stereocenters. The van der Waals surface area contributed by atoms with Crippen molar-refractivity contribution in [2.24, 2.45) is 0 Å². The van der Waals surface area contributed by atoms with Crippen LogP contribution in [0.1, 0.15) is 245 Å². The fourth-order valence-electron chi connectivity index (χ4n) is 7.74. The van der Waals surface area contributed by atoms with Gasteiger partial charge in [0.25, 0.3) is 0 Å². The van der Waals surface area contributed by atoms with Gasteiger partial charge < -0.3 is 23.8 Å². The number of nitrogens with zero attached hydrogens (tertiary/aromatic N) is 1. The van der Waals surface area contributed by atoms with Gasteiger partial charge in [0.2, 0.25) is 0 Å². The molecule has 0 saturated carbocycles. The Bertz CT molecular complexity index is 978. The Kier molecular flexibility index (Phi) is 41.3. The zero-order chi connectivity index (χ0) is 43.5. The number of carboxylic acids is 1. The molecule has 0 heterocycles. The molecule has 0 spiro atoms. The predicted octanol–water partition coefficient (Wildman–Crippen LogP) is 14.3. The zero-order valence-electron chi connectivity index (χ0n) is 39.7. The molecule has 0 aliphatic carbocycles. The fourth-order valence-corrected chi connectivity index (χ4v) is 7.74. The summed E-state index contributed by atoms with van der Waals surface area (Å²) in [6.45, 7) is 4.77. The van der Waals surface area contributed by atoms with E-state index in [-0.39, 0.29) is 36.2 Å². The van der Waals surface area contributed by atoms with Gasteiger partial charge in [-0.05, 0) is 38.5 Å². The number of allylic oxidation sites excluding steroid dienone is 2. The first-order valence-corrected chi connectivity index (χ1v) is 25.2. The number of unbranched alkanes of at least 4 members (excludes halogenated alkanes) is 30. The number of aliphatic carboxylic acids is 1. The van der Waals surface area contributed by atoms with Crippen molar-refractivity contribution in [2.45, 2.75) is 257 Å². The molecule has 0 aliphatic heterocycles. The van der Waals surface area contributed by atoms with Gasteiger partial charge in [-0.25, -0.2) is 4.79 Å². The summed E-state index contributed by atoms with van der Waals surface area (Å²) in [6.07, 6.45) is 46.8. The first-order chi connectivity index (χ1) is 28.6. The van der Waals surface area contributed by atoms with Crippen molar-refractivity contribution >= 4 is 17.9 Å². The Hall–Kier alpha value is -1.93. The third-order valence-corrected chi connectivity index (χ3v) is 11.7. The molecule has 59 heavy (non-hydrogen) atoms. The highest BCUT2D eigenvalue weighted by Gasteiger charge is 2.31. The van der Waals surface area contributed by atoms with Crippen LogP contribution in [0.5, 0.6) is 0 Å². The summed E-state index contributed by atoms with van der Waals surface area (Å²) in [5, 5.41) is 9.64. The van der Waals surface area contributed by atoms with E-state index < -0.39 is 18.1 Å². The molecule has 0 rings (SSSR count). The maximum absolute atomic E-state index is 12.8. The van der Waals surface area contributed by atoms with Crippen LogP contribution in [-0.2, 0) is 28.6 Å². The van der Waals surface area contributed by atoms with E-state index in [2.05, 4.69) is 26.0 Å². The van der Waals surface area contributed by atoms with Crippen LogP contribution in [0.2, 0.25) is 0 Å². The van der Waals surface area contributed by atoms with Crippen LogP contribution in [0.15, 0.2) is 12.2 Å². The molecule has 0 aromatic rings. The number of carbonyl (C=O) groups excluding carboxylic acids is 2. The molecule has 2 unspecified atom stereocenters. The van der Waals surface area contributed by atoms with Crippen LogP contribution in [0, 0.1) is 0 Å². The van der Waals surface area contributed by atoms with Crippen molar-refractivity contribution in [1.29, 1.82) is 0 Å². The van der Waals surface area contributed by atoms with Crippen molar-refractivity contribution in [3.05, 3.63) is 12.2 Å². The van der Waals surface area contributed by atoms with Crippen molar-refractivity contribution < 1.29 is 38.2 Å². The highest BCUT2D eigenvalue weighted by molar-refractivity contribution is 5.72. The fraction of sp³-hybridized carbons (Fsp3) is 0.902. The lowest BCUT2D eigenvalue weighted by atomic mass is 10.0. The monoisotopic (exact) mass is 837 g/mol. The van der Waals surface area contributed by atoms with Crippen LogP contribution in [0.4, 0.5) is 0 Å². The minimum absolute atomic E-state index is 0.0478. The van der Waals surface area contributed by atoms with Gasteiger partial charge in [0.1, 0.15) is 6.61 Å². The molecule has 8 heteroatoms. The number of esters is 2. The molecule has 0 aromatic heterocycles. The molecule has 8 nitrogen and oxygen atoms in total. The largest absolute Gasteiger partial charge is 0.477 e. The quantitative estimate of drug-likeness (QED) is 0.0282. The highest BCUT2D eigenvalue weighted by Crippen LogP contribution is 2.16. The lowest BCUT2D eigenvalue weighted by Crippen LogP contribution is -2.50. The van der Waals surface area contributed by atoms with Crippen LogP contribution in [-0.4, -0.2) is 80.6 Å². The molecule has 0 radical (unpaired) electrons. The number of hydrogen-bond acceptors (Lipinski definition) is 6. The molecule has 1 N–H and O–H groups in total. The third-order valence-electron chi connectivity index (χ3n) is 11.7. The Morgan fingerprint density at radius 1 is 0.492 bits per heavy atom. The summed E-state index contributed by atoms with van der Waals surface area (Å²) in [4.78, 5) is 37.1. The Morgan fingerprint density at radius 2 is 0.847 bits per heavy atom. The van der Waals surface area contributed by atoms with E-state index in [1.54, 1.807) is 0 Å². The molecule has 0 saturated heterocycles. The number of hydrogen-bond donors (Lipinski definition) is 1. The summed E-state index contributed by atoms with van der Waals surface area (Å²) < 4.78 is 17.3. The van der Waals surface area contributed by atoms with Gasteiger partial charge in [0, 0.05) is 19.3 Å². The molecule has 0 aliphatic rings. The third kappa shape index (κ3) is 41.2. The average Bonchev–Trinajstić information content (AvgIpc) is 3.19. The summed E-state index contributed by atoms with van der Waals surface area (Å²) in [6, 6.07) is -0.612. The van der Waals surface area contributed by atoms with E-state index in [0.29, 0.717) is 19.3 Å². The van der Waals surface area contributed by atoms with Crippen molar-refractivity contribution in [2.75, 3.05) is 41.0 Å². The molecular weight excluding hydrogens is 739 g/mol. The Labute approximate surface area is 365 Å². The molecule has 348 valence electrons. The van der Waals surface area contributed by atoms with Crippen LogP contribution < -0.4 is 0 Å². The molecule has 0 amide bonds. The lowest BCUT2D eigenvalue weighted by Gasteiger charge is -2.31. The number of ether oxygens (including phenoxy) is 3. The zero-order valence-corrected chi connectivity index (χ0v) is 39.7. The number of likely N-dealkylation sites (N-methyl/N-ethyl adjacent to an activating group) is 1. The highest BCUT2D eigenvalue weighted by atomic mass is 16.6. The second-order valence-electron chi connectivity index (χ2n) is 18.4. The van der Waals surface area contributed by atoms with Crippen LogP contribution >= 0.6 is 0 Å². The number of rotatable bonds is 46. The smallest absolute Gasteiger partial charge is 0.362 e. The second kappa shape index (κ2) is 42.7. The number of carboxylic acid groups (broad SMARTS) is 1. The van der Waals surface area contributed by atoms with Gasteiger partial charge in [0.15, 0.2) is 12.1 Å². The van der Waals surface area contributed by atoms with E-state index in [1.165, 1.54) is 161 Å². The maximum Gasteiger partial charge on any atom is 0.362 e. The van der Waals surface area contributed by atoms with Gasteiger partial charge in [-0.3, -0.25) is 9.59 Å². The van der Waals surface area contributed by atoms with Crippen molar-refractivity contribution in [3.63, 3.8) is 0 Å². The summed E-state index contributed by atoms with van der Waals surface area (Å²) in [7, 11) is 5.54. The van der Waals surface area contributed by atoms with Crippen molar-refractivity contribution in [3.8, 4) is 0 Å². The topological polar surface area (TPSA) is 99.1 Å². The van der Waals surface area contributed by atoms with Crippen LogP contribution in [0.25, 0.3) is 0 Å². The standard InChI is InChI=1S/C51H97NO7/c1-6-8-10-12-14-16-18-20-22-24-26-28-30-32-34-36-38-40-42-50(54)59-47(45-57-44-43-48(51(55)56)52(3,4)5)46-58-49(53)41-39-37-35-33-31-29-27-25-23-21-19-17-15-13-11-9-7-2/h26,28,47-48H,6-25,27,29-46H2,1-5H3/p+1/b28-26+. The SMILES string of the molecule is CCCCCCCCCCC/C=C/CCCCCCCC(=O)OC(COCCC(C(=O)O)[N+](C)(C)C)COC(=O)CCCCCCCCCCCCCCCCCCC. The Morgan fingerprint density at radius 3 is 1.22 bits per heavy atom. The predicted molar refractivity (Wildman–Crippen MR) is 248 cm³/mol. The van der Waals surface area contributed by atoms with Gasteiger partial charge >= 0.3 is 17.9 Å². The van der Waals surface area contributed by atoms with E-state index in [4.69, 9.17) is 14.2 Å². The average molecular weight is 837 g/mol. The summed E-state index contributed by atoms with van der Waals surface area (Å²) in [5.74, 6) is -1.46. The van der Waals surface area contributed by atoms with Gasteiger partial charge in [0.05, 0.1) is 34.4 Å².